The predicted octanol–water partition coefficient (Wildman–Crippen LogP) is 4.92. The van der Waals surface area contributed by atoms with E-state index in [9.17, 15) is 9.59 Å². The first-order valence-electron chi connectivity index (χ1n) is 12.2. The van der Waals surface area contributed by atoms with Crippen molar-refractivity contribution >= 4 is 34.0 Å². The van der Waals surface area contributed by atoms with Crippen molar-refractivity contribution in [2.24, 2.45) is 5.92 Å². The van der Waals surface area contributed by atoms with E-state index in [1.54, 1.807) is 44.6 Å². The van der Waals surface area contributed by atoms with E-state index in [0.717, 1.165) is 10.8 Å². The largest absolute Gasteiger partial charge is 0.496 e. The second-order valence-electron chi connectivity index (χ2n) is 9.12. The number of nitrogens with zero attached hydrogens (tertiary/aromatic N) is 2. The van der Waals surface area contributed by atoms with Crippen molar-refractivity contribution in [3.05, 3.63) is 90.5 Å². The van der Waals surface area contributed by atoms with Gasteiger partial charge in [-0.3, -0.25) is 14.4 Å². The summed E-state index contributed by atoms with van der Waals surface area (Å²) in [4.78, 5) is 35.6. The third-order valence-corrected chi connectivity index (χ3v) is 7.19. The molecule has 2 aliphatic heterocycles. The monoisotopic (exact) mass is 510 g/mol. The standard InChI is InChI=1S/C30H26N2O6/c1-35-23-17-25(37-3)24(36-2)16-21(23)27-26-28(38-32(27)19-12-5-4-6-13-19)30(34)31(29(26)33)22-15-9-11-18-10-7-8-14-20(18)22/h4-17,26-28H,1-3H3. The van der Waals surface area contributed by atoms with Crippen LogP contribution in [0.5, 0.6) is 17.2 Å². The molecule has 4 aromatic rings. The molecule has 2 amide bonds. The van der Waals surface area contributed by atoms with Crippen LogP contribution >= 0.6 is 0 Å². The molecule has 2 aliphatic rings. The summed E-state index contributed by atoms with van der Waals surface area (Å²) in [6.45, 7) is 0. The van der Waals surface area contributed by atoms with Gasteiger partial charge in [0.05, 0.1) is 32.7 Å². The number of carbonyl (C=O) groups is 2. The van der Waals surface area contributed by atoms with E-state index in [1.807, 2.05) is 66.7 Å². The Kier molecular flexibility index (Phi) is 5.88. The van der Waals surface area contributed by atoms with Gasteiger partial charge >= 0.3 is 0 Å². The fourth-order valence-electron chi connectivity index (χ4n) is 5.45. The summed E-state index contributed by atoms with van der Waals surface area (Å²) in [5, 5.41) is 3.39. The number of benzene rings is 4. The number of hydrogen-bond donors (Lipinski definition) is 0. The highest BCUT2D eigenvalue weighted by atomic mass is 16.7. The minimum absolute atomic E-state index is 0.336. The van der Waals surface area contributed by atoms with Gasteiger partial charge in [-0.05, 0) is 29.7 Å². The minimum Gasteiger partial charge on any atom is -0.496 e. The highest BCUT2D eigenvalue weighted by molar-refractivity contribution is 6.26. The zero-order valence-electron chi connectivity index (χ0n) is 21.2. The van der Waals surface area contributed by atoms with E-state index in [1.165, 1.54) is 4.90 Å². The van der Waals surface area contributed by atoms with Crippen molar-refractivity contribution in [2.45, 2.75) is 12.1 Å². The van der Waals surface area contributed by atoms with Crippen LogP contribution in [0.2, 0.25) is 0 Å². The Hall–Kier alpha value is -4.56. The summed E-state index contributed by atoms with van der Waals surface area (Å²) in [5.41, 5.74) is 1.89. The summed E-state index contributed by atoms with van der Waals surface area (Å²) in [5.74, 6) is -0.116. The zero-order chi connectivity index (χ0) is 26.4. The van der Waals surface area contributed by atoms with Crippen LogP contribution in [-0.4, -0.2) is 39.2 Å². The van der Waals surface area contributed by atoms with Crippen LogP contribution in [0, 0.1) is 5.92 Å². The maximum Gasteiger partial charge on any atom is 0.266 e. The molecular formula is C30H26N2O6. The second kappa shape index (κ2) is 9.39. The van der Waals surface area contributed by atoms with Gasteiger partial charge in [-0.2, -0.15) is 0 Å². The van der Waals surface area contributed by atoms with Gasteiger partial charge in [-0.1, -0.05) is 54.6 Å². The Morgan fingerprint density at radius 1 is 0.711 bits per heavy atom. The first-order chi connectivity index (χ1) is 18.6. The molecule has 0 N–H and O–H groups in total. The first kappa shape index (κ1) is 23.8. The van der Waals surface area contributed by atoms with Gasteiger partial charge < -0.3 is 14.2 Å². The number of hydroxylamine groups is 1. The SMILES string of the molecule is COc1cc(OC)c(C2C3C(=O)N(c4cccc5ccccc45)C(=O)C3ON2c2ccccc2)cc1OC. The molecule has 0 aromatic heterocycles. The molecule has 0 bridgehead atoms. The predicted molar refractivity (Wildman–Crippen MR) is 143 cm³/mol. The van der Waals surface area contributed by atoms with Crippen molar-refractivity contribution in [1.82, 2.24) is 0 Å². The van der Waals surface area contributed by atoms with E-state index in [4.69, 9.17) is 19.0 Å². The zero-order valence-corrected chi connectivity index (χ0v) is 21.2. The van der Waals surface area contributed by atoms with Crippen LogP contribution in [0.1, 0.15) is 11.6 Å². The average molecular weight is 511 g/mol. The quantitative estimate of drug-likeness (QED) is 0.341. The molecule has 0 radical (unpaired) electrons. The van der Waals surface area contributed by atoms with Crippen LogP contribution in [0.15, 0.2) is 84.9 Å². The Morgan fingerprint density at radius 2 is 1.37 bits per heavy atom. The van der Waals surface area contributed by atoms with Crippen molar-refractivity contribution in [3.8, 4) is 17.2 Å². The maximum absolute atomic E-state index is 14.2. The summed E-state index contributed by atoms with van der Waals surface area (Å²) in [6.07, 6.45) is -1.01. The first-order valence-corrected chi connectivity index (χ1v) is 12.2. The molecule has 0 saturated carbocycles. The molecule has 8 heteroatoms. The van der Waals surface area contributed by atoms with E-state index in [0.29, 0.717) is 34.2 Å². The van der Waals surface area contributed by atoms with Crippen LogP contribution in [-0.2, 0) is 14.4 Å². The van der Waals surface area contributed by atoms with E-state index >= 15 is 0 Å². The van der Waals surface area contributed by atoms with Crippen LogP contribution in [0.25, 0.3) is 10.8 Å². The number of anilines is 2. The van der Waals surface area contributed by atoms with Crippen molar-refractivity contribution in [3.63, 3.8) is 0 Å². The molecule has 4 aromatic carbocycles. The lowest BCUT2D eigenvalue weighted by Crippen LogP contribution is -2.37. The minimum atomic E-state index is -1.01. The highest BCUT2D eigenvalue weighted by Gasteiger charge is 2.61. The summed E-state index contributed by atoms with van der Waals surface area (Å²) in [7, 11) is 4.64. The lowest BCUT2D eigenvalue weighted by Gasteiger charge is -2.30. The lowest BCUT2D eigenvalue weighted by atomic mass is 9.89. The summed E-state index contributed by atoms with van der Waals surface area (Å²) >= 11 is 0. The number of hydrogen-bond acceptors (Lipinski definition) is 7. The fourth-order valence-corrected chi connectivity index (χ4v) is 5.45. The Balaban J connectivity index is 1.51. The number of methoxy groups -OCH3 is 3. The molecule has 0 spiro atoms. The van der Waals surface area contributed by atoms with Gasteiger partial charge in [0.2, 0.25) is 5.91 Å². The third kappa shape index (κ3) is 3.56. The normalized spacial score (nSPS) is 20.7. The third-order valence-electron chi connectivity index (χ3n) is 7.19. The van der Waals surface area contributed by atoms with Crippen molar-refractivity contribution in [2.75, 3.05) is 31.3 Å². The van der Waals surface area contributed by atoms with Crippen molar-refractivity contribution < 1.29 is 28.6 Å². The molecule has 3 unspecified atom stereocenters. The van der Waals surface area contributed by atoms with Crippen LogP contribution < -0.4 is 24.2 Å². The summed E-state index contributed by atoms with van der Waals surface area (Å²) < 4.78 is 16.8. The Bertz CT molecular complexity index is 1530. The molecule has 192 valence electrons. The van der Waals surface area contributed by atoms with E-state index in [2.05, 4.69) is 0 Å². The van der Waals surface area contributed by atoms with Crippen LogP contribution in [0.4, 0.5) is 11.4 Å². The number of fused-ring (bicyclic) bond motifs is 2. The Labute approximate surface area is 219 Å². The molecule has 2 saturated heterocycles. The van der Waals surface area contributed by atoms with Gasteiger partial charge in [-0.25, -0.2) is 9.96 Å². The molecular weight excluding hydrogens is 484 g/mol. The molecule has 38 heavy (non-hydrogen) atoms. The average Bonchev–Trinajstić information content (AvgIpc) is 3.47. The highest BCUT2D eigenvalue weighted by Crippen LogP contribution is 2.51. The number of imide groups is 1. The summed E-state index contributed by atoms with van der Waals surface area (Å²) in [6, 6.07) is 25.5. The number of rotatable bonds is 6. The molecule has 0 aliphatic carbocycles. The topological polar surface area (TPSA) is 77.5 Å². The van der Waals surface area contributed by atoms with Gasteiger partial charge in [0.15, 0.2) is 17.6 Å². The molecule has 2 heterocycles. The molecule has 2 fully saturated rings. The second-order valence-corrected chi connectivity index (χ2v) is 9.12. The number of para-hydroxylation sites is 1. The van der Waals surface area contributed by atoms with Crippen LogP contribution in [0.3, 0.4) is 0 Å². The van der Waals surface area contributed by atoms with E-state index < -0.39 is 24.0 Å². The lowest BCUT2D eigenvalue weighted by molar-refractivity contribution is -0.126. The van der Waals surface area contributed by atoms with Gasteiger partial charge in [0.25, 0.3) is 5.91 Å². The van der Waals surface area contributed by atoms with Gasteiger partial charge in [0, 0.05) is 17.0 Å². The molecule has 6 rings (SSSR count). The van der Waals surface area contributed by atoms with E-state index in [-0.39, 0.29) is 5.91 Å². The van der Waals surface area contributed by atoms with Gasteiger partial charge in [0.1, 0.15) is 17.7 Å². The van der Waals surface area contributed by atoms with Crippen molar-refractivity contribution in [1.29, 1.82) is 0 Å². The number of amides is 2. The number of ether oxygens (including phenoxy) is 3. The molecule has 3 atom stereocenters. The van der Waals surface area contributed by atoms with Gasteiger partial charge in [-0.15, -0.1) is 0 Å². The maximum atomic E-state index is 14.2. The fraction of sp³-hybridized carbons (Fsp3) is 0.200. The smallest absolute Gasteiger partial charge is 0.266 e. The Morgan fingerprint density at radius 3 is 2.11 bits per heavy atom. The number of carbonyl (C=O) groups excluding carboxylic acids is 2. The molecule has 8 nitrogen and oxygen atoms in total.